The molecule has 4 nitrogen and oxygen atoms in total. The van der Waals surface area contributed by atoms with Gasteiger partial charge in [0.15, 0.2) is 0 Å². The molecule has 0 atom stereocenters. The first-order chi connectivity index (χ1) is 8.66. The quantitative estimate of drug-likeness (QED) is 0.751. The molecular weight excluding hydrogens is 226 g/mol. The second-order valence-corrected chi connectivity index (χ2v) is 5.91. The monoisotopic (exact) mass is 253 g/mol. The highest BCUT2D eigenvalue weighted by molar-refractivity contribution is 5.78. The van der Waals surface area contributed by atoms with E-state index in [9.17, 15) is 4.79 Å². The Balaban J connectivity index is 1.73. The summed E-state index contributed by atoms with van der Waals surface area (Å²) in [6.45, 7) is 4.75. The Morgan fingerprint density at radius 2 is 1.67 bits per heavy atom. The maximum Gasteiger partial charge on any atom is 0.236 e. The second-order valence-electron chi connectivity index (χ2n) is 5.91. The van der Waals surface area contributed by atoms with Crippen LogP contribution >= 0.6 is 0 Å². The number of carbonyl (C=O) groups excluding carboxylic acids is 1. The van der Waals surface area contributed by atoms with E-state index in [2.05, 4.69) is 28.8 Å². The lowest BCUT2D eigenvalue weighted by molar-refractivity contribution is -0.134. The third-order valence-corrected chi connectivity index (χ3v) is 4.36. The summed E-state index contributed by atoms with van der Waals surface area (Å²) in [6.07, 6.45) is 6.10. The topological polar surface area (TPSA) is 26.8 Å². The van der Waals surface area contributed by atoms with Crippen molar-refractivity contribution in [1.82, 2.24) is 14.7 Å². The Kier molecular flexibility index (Phi) is 5.01. The SMILES string of the molecule is CN(C)C1CCN(C(=O)CN2CCCCC2)CC1. The fourth-order valence-corrected chi connectivity index (χ4v) is 3.04. The van der Waals surface area contributed by atoms with E-state index in [-0.39, 0.29) is 0 Å². The van der Waals surface area contributed by atoms with Crippen LogP contribution < -0.4 is 0 Å². The number of carbonyl (C=O) groups is 1. The molecule has 0 spiro atoms. The first-order valence-electron chi connectivity index (χ1n) is 7.33. The molecule has 2 heterocycles. The van der Waals surface area contributed by atoms with Gasteiger partial charge in [0, 0.05) is 19.1 Å². The molecule has 104 valence electrons. The Morgan fingerprint density at radius 3 is 2.22 bits per heavy atom. The maximum atomic E-state index is 12.2. The van der Waals surface area contributed by atoms with Crippen LogP contribution in [-0.4, -0.2) is 73.5 Å². The van der Waals surface area contributed by atoms with Crippen molar-refractivity contribution in [3.8, 4) is 0 Å². The van der Waals surface area contributed by atoms with E-state index < -0.39 is 0 Å². The van der Waals surface area contributed by atoms with Crippen molar-refractivity contribution in [2.45, 2.75) is 38.1 Å². The Hall–Kier alpha value is -0.610. The minimum Gasteiger partial charge on any atom is -0.341 e. The molecule has 2 aliphatic rings. The summed E-state index contributed by atoms with van der Waals surface area (Å²) in [4.78, 5) is 18.9. The Labute approximate surface area is 111 Å². The molecule has 0 N–H and O–H groups in total. The number of hydrogen-bond donors (Lipinski definition) is 0. The van der Waals surface area contributed by atoms with Gasteiger partial charge in [0.2, 0.25) is 5.91 Å². The molecule has 2 fully saturated rings. The second kappa shape index (κ2) is 6.53. The normalized spacial score (nSPS) is 23.6. The molecule has 0 aromatic heterocycles. The van der Waals surface area contributed by atoms with E-state index in [0.717, 1.165) is 39.0 Å². The van der Waals surface area contributed by atoms with Crippen molar-refractivity contribution in [2.75, 3.05) is 46.8 Å². The van der Waals surface area contributed by atoms with Crippen LogP contribution in [0.3, 0.4) is 0 Å². The zero-order valence-electron chi connectivity index (χ0n) is 11.9. The molecule has 2 saturated heterocycles. The zero-order valence-corrected chi connectivity index (χ0v) is 11.9. The van der Waals surface area contributed by atoms with E-state index in [1.807, 2.05) is 0 Å². The summed E-state index contributed by atoms with van der Waals surface area (Å²) in [6, 6.07) is 0.657. The van der Waals surface area contributed by atoms with Crippen LogP contribution in [-0.2, 0) is 4.79 Å². The average Bonchev–Trinajstić information content (AvgIpc) is 2.40. The van der Waals surface area contributed by atoms with Crippen LogP contribution in [0, 0.1) is 0 Å². The predicted molar refractivity (Wildman–Crippen MR) is 73.6 cm³/mol. The maximum absolute atomic E-state index is 12.2. The Morgan fingerprint density at radius 1 is 1.06 bits per heavy atom. The third kappa shape index (κ3) is 3.69. The van der Waals surface area contributed by atoms with E-state index >= 15 is 0 Å². The number of rotatable bonds is 3. The standard InChI is InChI=1S/C14H27N3O/c1-15(2)13-6-10-17(11-7-13)14(18)12-16-8-4-3-5-9-16/h13H,3-12H2,1-2H3. The largest absolute Gasteiger partial charge is 0.341 e. The molecule has 0 aliphatic carbocycles. The van der Waals surface area contributed by atoms with Crippen LogP contribution in [0.25, 0.3) is 0 Å². The van der Waals surface area contributed by atoms with Crippen LogP contribution in [0.5, 0.6) is 0 Å². The first kappa shape index (κ1) is 13.8. The van der Waals surface area contributed by atoms with Gasteiger partial charge in [-0.2, -0.15) is 0 Å². The van der Waals surface area contributed by atoms with E-state index in [1.54, 1.807) is 0 Å². The molecule has 0 radical (unpaired) electrons. The molecule has 0 aromatic rings. The van der Waals surface area contributed by atoms with E-state index in [1.165, 1.54) is 19.3 Å². The number of amides is 1. The van der Waals surface area contributed by atoms with Gasteiger partial charge in [-0.05, 0) is 52.9 Å². The van der Waals surface area contributed by atoms with Crippen LogP contribution in [0.1, 0.15) is 32.1 Å². The summed E-state index contributed by atoms with van der Waals surface area (Å²) in [7, 11) is 4.27. The highest BCUT2D eigenvalue weighted by atomic mass is 16.2. The lowest BCUT2D eigenvalue weighted by Gasteiger charge is -2.36. The van der Waals surface area contributed by atoms with Crippen molar-refractivity contribution in [3.05, 3.63) is 0 Å². The first-order valence-corrected chi connectivity index (χ1v) is 7.33. The van der Waals surface area contributed by atoms with Gasteiger partial charge in [-0.1, -0.05) is 6.42 Å². The highest BCUT2D eigenvalue weighted by Gasteiger charge is 2.25. The fraction of sp³-hybridized carbons (Fsp3) is 0.929. The molecule has 0 unspecified atom stereocenters. The number of likely N-dealkylation sites (tertiary alicyclic amines) is 2. The van der Waals surface area contributed by atoms with Gasteiger partial charge in [-0.3, -0.25) is 9.69 Å². The van der Waals surface area contributed by atoms with E-state index in [4.69, 9.17) is 0 Å². The zero-order chi connectivity index (χ0) is 13.0. The molecule has 0 bridgehead atoms. The summed E-state index contributed by atoms with van der Waals surface area (Å²) >= 11 is 0. The van der Waals surface area contributed by atoms with Crippen LogP contribution in [0.4, 0.5) is 0 Å². The molecule has 2 aliphatic heterocycles. The van der Waals surface area contributed by atoms with Crippen molar-refractivity contribution in [1.29, 1.82) is 0 Å². The predicted octanol–water partition coefficient (Wildman–Crippen LogP) is 1.02. The number of nitrogens with zero attached hydrogens (tertiary/aromatic N) is 3. The lowest BCUT2D eigenvalue weighted by atomic mass is 10.0. The number of hydrogen-bond acceptors (Lipinski definition) is 3. The van der Waals surface area contributed by atoms with Crippen LogP contribution in [0.2, 0.25) is 0 Å². The third-order valence-electron chi connectivity index (χ3n) is 4.36. The van der Waals surface area contributed by atoms with Gasteiger partial charge in [-0.25, -0.2) is 0 Å². The fourth-order valence-electron chi connectivity index (χ4n) is 3.04. The number of piperidine rings is 2. The summed E-state index contributed by atoms with van der Waals surface area (Å²) in [5, 5.41) is 0. The van der Waals surface area contributed by atoms with Gasteiger partial charge in [0.25, 0.3) is 0 Å². The Bertz CT molecular complexity index is 266. The smallest absolute Gasteiger partial charge is 0.236 e. The highest BCUT2D eigenvalue weighted by Crippen LogP contribution is 2.15. The van der Waals surface area contributed by atoms with Gasteiger partial charge < -0.3 is 9.80 Å². The molecule has 0 aromatic carbocycles. The molecule has 1 amide bonds. The lowest BCUT2D eigenvalue weighted by Crippen LogP contribution is -2.48. The van der Waals surface area contributed by atoms with Gasteiger partial charge in [-0.15, -0.1) is 0 Å². The van der Waals surface area contributed by atoms with Gasteiger partial charge >= 0.3 is 0 Å². The van der Waals surface area contributed by atoms with Crippen molar-refractivity contribution in [3.63, 3.8) is 0 Å². The molecule has 0 saturated carbocycles. The molecular formula is C14H27N3O. The van der Waals surface area contributed by atoms with Gasteiger partial charge in [0.1, 0.15) is 0 Å². The van der Waals surface area contributed by atoms with Crippen molar-refractivity contribution >= 4 is 5.91 Å². The molecule has 4 heteroatoms. The molecule has 2 rings (SSSR count). The minimum absolute atomic E-state index is 0.342. The van der Waals surface area contributed by atoms with Crippen LogP contribution in [0.15, 0.2) is 0 Å². The minimum atomic E-state index is 0.342. The summed E-state index contributed by atoms with van der Waals surface area (Å²) in [5.41, 5.74) is 0. The van der Waals surface area contributed by atoms with Crippen molar-refractivity contribution < 1.29 is 4.79 Å². The molecule has 18 heavy (non-hydrogen) atoms. The van der Waals surface area contributed by atoms with Crippen molar-refractivity contribution in [2.24, 2.45) is 0 Å². The average molecular weight is 253 g/mol. The summed E-state index contributed by atoms with van der Waals surface area (Å²) in [5.74, 6) is 0.342. The van der Waals surface area contributed by atoms with Gasteiger partial charge in [0.05, 0.1) is 6.54 Å². The van der Waals surface area contributed by atoms with E-state index in [0.29, 0.717) is 18.5 Å². The summed E-state index contributed by atoms with van der Waals surface area (Å²) < 4.78 is 0.